The van der Waals surface area contributed by atoms with E-state index in [0.717, 1.165) is 6.42 Å². The van der Waals surface area contributed by atoms with Crippen LogP contribution < -0.4 is 0 Å². The third-order valence-electron chi connectivity index (χ3n) is 3.87. The van der Waals surface area contributed by atoms with Crippen LogP contribution in [0.5, 0.6) is 0 Å². The summed E-state index contributed by atoms with van der Waals surface area (Å²) in [6.45, 7) is 7.26. The number of carbonyl (C=O) groups is 3. The molecule has 1 saturated carbocycles. The number of esters is 1. The van der Waals surface area contributed by atoms with E-state index in [1.807, 2.05) is 0 Å². The SMILES string of the molecule is CCOC(=O)[C@@H]1[C@H]2CC[C@H](CC2=O)N1C(=O)OC(C)(C)C. The molecule has 0 spiro atoms. The van der Waals surface area contributed by atoms with Gasteiger partial charge in [0.05, 0.1) is 6.61 Å². The van der Waals surface area contributed by atoms with Crippen molar-refractivity contribution in [3.63, 3.8) is 0 Å². The number of hydrogen-bond donors (Lipinski definition) is 0. The van der Waals surface area contributed by atoms with Crippen LogP contribution in [0.2, 0.25) is 0 Å². The number of rotatable bonds is 2. The monoisotopic (exact) mass is 297 g/mol. The van der Waals surface area contributed by atoms with Crippen LogP contribution in [0, 0.1) is 5.92 Å². The molecule has 2 bridgehead atoms. The Morgan fingerprint density at radius 1 is 1.29 bits per heavy atom. The molecule has 1 amide bonds. The summed E-state index contributed by atoms with van der Waals surface area (Å²) in [6, 6.07) is -1.09. The Morgan fingerprint density at radius 2 is 1.95 bits per heavy atom. The van der Waals surface area contributed by atoms with Crippen molar-refractivity contribution in [2.24, 2.45) is 5.92 Å². The average Bonchev–Trinajstić information content (AvgIpc) is 2.36. The Morgan fingerprint density at radius 3 is 2.48 bits per heavy atom. The van der Waals surface area contributed by atoms with Gasteiger partial charge in [0.25, 0.3) is 0 Å². The van der Waals surface area contributed by atoms with Gasteiger partial charge in [0.2, 0.25) is 0 Å². The van der Waals surface area contributed by atoms with Gasteiger partial charge in [0.15, 0.2) is 0 Å². The van der Waals surface area contributed by atoms with Gasteiger partial charge in [0, 0.05) is 18.4 Å². The van der Waals surface area contributed by atoms with Crippen molar-refractivity contribution in [3.8, 4) is 0 Å². The van der Waals surface area contributed by atoms with Gasteiger partial charge in [-0.1, -0.05) is 0 Å². The second kappa shape index (κ2) is 5.66. The van der Waals surface area contributed by atoms with E-state index in [1.165, 1.54) is 4.90 Å². The van der Waals surface area contributed by atoms with Crippen LogP contribution in [0.15, 0.2) is 0 Å². The summed E-state index contributed by atoms with van der Waals surface area (Å²) in [4.78, 5) is 38.1. The first-order valence-corrected chi connectivity index (χ1v) is 7.45. The Labute approximate surface area is 124 Å². The molecule has 2 heterocycles. The highest BCUT2D eigenvalue weighted by atomic mass is 16.6. The number of ether oxygens (including phenoxy) is 2. The van der Waals surface area contributed by atoms with E-state index in [2.05, 4.69) is 0 Å². The van der Waals surface area contributed by atoms with Crippen LogP contribution in [0.25, 0.3) is 0 Å². The maximum Gasteiger partial charge on any atom is 0.411 e. The second-order valence-corrected chi connectivity index (χ2v) is 6.59. The van der Waals surface area contributed by atoms with E-state index >= 15 is 0 Å². The van der Waals surface area contributed by atoms with Gasteiger partial charge in [-0.2, -0.15) is 0 Å². The maximum atomic E-state index is 12.4. The molecule has 6 nitrogen and oxygen atoms in total. The lowest BCUT2D eigenvalue weighted by Gasteiger charge is -2.48. The highest BCUT2D eigenvalue weighted by molar-refractivity contribution is 5.94. The first-order chi connectivity index (χ1) is 9.74. The van der Waals surface area contributed by atoms with Gasteiger partial charge in [-0.05, 0) is 40.5 Å². The fourth-order valence-electron chi connectivity index (χ4n) is 3.09. The van der Waals surface area contributed by atoms with Crippen LogP contribution in [-0.4, -0.2) is 47.0 Å². The molecule has 0 aromatic rings. The van der Waals surface area contributed by atoms with E-state index < -0.39 is 29.6 Å². The quantitative estimate of drug-likeness (QED) is 0.728. The molecule has 0 aromatic heterocycles. The minimum Gasteiger partial charge on any atom is -0.464 e. The lowest BCUT2D eigenvalue weighted by atomic mass is 9.74. The molecule has 1 aliphatic carbocycles. The number of Topliss-reactive ketones (excluding diaryl/α,β-unsaturated/α-hetero) is 1. The summed E-state index contributed by atoms with van der Waals surface area (Å²) in [5.74, 6) is -0.920. The first-order valence-electron chi connectivity index (χ1n) is 7.45. The number of fused-ring (bicyclic) bond motifs is 3. The summed E-state index contributed by atoms with van der Waals surface area (Å²) >= 11 is 0. The highest BCUT2D eigenvalue weighted by Crippen LogP contribution is 2.38. The number of carbonyl (C=O) groups excluding carboxylic acids is 3. The summed E-state index contributed by atoms with van der Waals surface area (Å²) in [5.41, 5.74) is -0.642. The third-order valence-corrected chi connectivity index (χ3v) is 3.87. The van der Waals surface area contributed by atoms with Crippen molar-refractivity contribution in [1.82, 2.24) is 4.90 Å². The smallest absolute Gasteiger partial charge is 0.411 e. The summed E-state index contributed by atoms with van der Waals surface area (Å²) < 4.78 is 10.4. The molecule has 0 N–H and O–H groups in total. The van der Waals surface area contributed by atoms with Crippen LogP contribution in [0.4, 0.5) is 4.79 Å². The molecule has 0 unspecified atom stereocenters. The van der Waals surface area contributed by atoms with Gasteiger partial charge in [-0.3, -0.25) is 9.69 Å². The molecule has 3 rings (SSSR count). The first kappa shape index (κ1) is 15.8. The zero-order valence-corrected chi connectivity index (χ0v) is 13.0. The van der Waals surface area contributed by atoms with E-state index in [9.17, 15) is 14.4 Å². The van der Waals surface area contributed by atoms with Crippen molar-refractivity contribution < 1.29 is 23.9 Å². The Hall–Kier alpha value is -1.59. The molecular weight excluding hydrogens is 274 g/mol. The van der Waals surface area contributed by atoms with Crippen LogP contribution in [0.3, 0.4) is 0 Å². The van der Waals surface area contributed by atoms with Gasteiger partial charge in [-0.25, -0.2) is 9.59 Å². The number of ketones is 1. The molecule has 2 aliphatic heterocycles. The standard InChI is InChI=1S/C15H23NO5/c1-5-20-13(18)12-10-7-6-9(8-11(10)17)16(12)14(19)21-15(2,3)4/h9-10,12H,5-8H2,1-4H3/t9-,10+,12+/m1/s1. The number of hydrogen-bond acceptors (Lipinski definition) is 5. The van der Waals surface area contributed by atoms with Crippen molar-refractivity contribution in [1.29, 1.82) is 0 Å². The number of amides is 1. The van der Waals surface area contributed by atoms with Crippen molar-refractivity contribution in [2.75, 3.05) is 6.61 Å². The van der Waals surface area contributed by atoms with Crippen LogP contribution in [-0.2, 0) is 19.1 Å². The predicted molar refractivity (Wildman–Crippen MR) is 74.6 cm³/mol. The van der Waals surface area contributed by atoms with E-state index in [-0.39, 0.29) is 18.4 Å². The molecule has 118 valence electrons. The predicted octanol–water partition coefficient (Wildman–Crippen LogP) is 1.91. The minimum absolute atomic E-state index is 0.0455. The molecule has 0 radical (unpaired) electrons. The number of nitrogens with zero attached hydrogens (tertiary/aromatic N) is 1. The molecule has 2 saturated heterocycles. The topological polar surface area (TPSA) is 72.9 Å². The molecular formula is C15H23NO5. The fourth-order valence-corrected chi connectivity index (χ4v) is 3.09. The summed E-state index contributed by atoms with van der Waals surface area (Å²) in [7, 11) is 0. The Balaban J connectivity index is 2.25. The lowest BCUT2D eigenvalue weighted by molar-refractivity contribution is -0.162. The molecule has 3 fully saturated rings. The van der Waals surface area contributed by atoms with E-state index in [4.69, 9.17) is 9.47 Å². The third kappa shape index (κ3) is 3.19. The molecule has 0 aromatic carbocycles. The van der Waals surface area contributed by atoms with Crippen molar-refractivity contribution >= 4 is 17.8 Å². The Bertz CT molecular complexity index is 453. The van der Waals surface area contributed by atoms with Gasteiger partial charge in [-0.15, -0.1) is 0 Å². The number of piperidine rings is 2. The zero-order valence-electron chi connectivity index (χ0n) is 13.0. The van der Waals surface area contributed by atoms with Crippen LogP contribution >= 0.6 is 0 Å². The average molecular weight is 297 g/mol. The zero-order chi connectivity index (χ0) is 15.8. The minimum atomic E-state index is -0.834. The van der Waals surface area contributed by atoms with Crippen molar-refractivity contribution in [2.45, 2.75) is 64.6 Å². The molecule has 3 atom stereocenters. The second-order valence-electron chi connectivity index (χ2n) is 6.59. The van der Waals surface area contributed by atoms with Crippen molar-refractivity contribution in [3.05, 3.63) is 0 Å². The van der Waals surface area contributed by atoms with Gasteiger partial charge < -0.3 is 9.47 Å². The maximum absolute atomic E-state index is 12.4. The molecule has 6 heteroatoms. The largest absolute Gasteiger partial charge is 0.464 e. The Kier molecular flexibility index (Phi) is 4.25. The van der Waals surface area contributed by atoms with Crippen LogP contribution in [0.1, 0.15) is 47.0 Å². The fraction of sp³-hybridized carbons (Fsp3) is 0.800. The summed E-state index contributed by atoms with van der Waals surface area (Å²) in [6.07, 6.45) is 1.13. The van der Waals surface area contributed by atoms with E-state index in [1.54, 1.807) is 27.7 Å². The van der Waals surface area contributed by atoms with E-state index in [0.29, 0.717) is 12.8 Å². The van der Waals surface area contributed by atoms with Gasteiger partial charge >= 0.3 is 12.1 Å². The highest BCUT2D eigenvalue weighted by Gasteiger charge is 2.53. The summed E-state index contributed by atoms with van der Waals surface area (Å²) in [5, 5.41) is 0. The lowest BCUT2D eigenvalue weighted by Crippen LogP contribution is -2.64. The molecule has 21 heavy (non-hydrogen) atoms. The molecule has 3 aliphatic rings. The normalized spacial score (nSPS) is 28.5. The van der Waals surface area contributed by atoms with Gasteiger partial charge in [0.1, 0.15) is 17.4 Å².